The SMILES string of the molecule is CC(C)(C)C[C@@H]1N[C@@H](C(=O)NCCn2ccnn2)[C@H](c2cccc(Cl)c2F)[C@@]1(N)c1ccc(Cl)cc1F. The first kappa shape index (κ1) is 27.4. The fraction of sp³-hybridized carbons (Fsp3) is 0.423. The third kappa shape index (κ3) is 5.65. The molecular formula is C26H30Cl2F2N6O. The van der Waals surface area contributed by atoms with E-state index >= 15 is 8.78 Å². The Balaban J connectivity index is 1.81. The van der Waals surface area contributed by atoms with Crippen molar-refractivity contribution >= 4 is 29.1 Å². The first-order valence-corrected chi connectivity index (χ1v) is 12.7. The second-order valence-electron chi connectivity index (χ2n) is 10.6. The van der Waals surface area contributed by atoms with Crippen molar-refractivity contribution in [3.63, 3.8) is 0 Å². The summed E-state index contributed by atoms with van der Waals surface area (Å²) in [5.74, 6) is -2.71. The van der Waals surface area contributed by atoms with E-state index in [-0.39, 0.29) is 33.1 Å². The Morgan fingerprint density at radius 2 is 2.00 bits per heavy atom. The van der Waals surface area contributed by atoms with Gasteiger partial charge >= 0.3 is 0 Å². The van der Waals surface area contributed by atoms with Crippen LogP contribution in [0.2, 0.25) is 10.0 Å². The molecule has 1 saturated heterocycles. The lowest BCUT2D eigenvalue weighted by Gasteiger charge is -2.40. The predicted molar refractivity (Wildman–Crippen MR) is 139 cm³/mol. The van der Waals surface area contributed by atoms with Crippen molar-refractivity contribution in [2.75, 3.05) is 6.54 Å². The van der Waals surface area contributed by atoms with Gasteiger partial charge < -0.3 is 16.4 Å². The van der Waals surface area contributed by atoms with Crippen LogP contribution >= 0.6 is 23.2 Å². The molecule has 2 aromatic carbocycles. The summed E-state index contributed by atoms with van der Waals surface area (Å²) in [6, 6.07) is 7.22. The van der Waals surface area contributed by atoms with Crippen LogP contribution in [0, 0.1) is 17.0 Å². The molecule has 2 heterocycles. The van der Waals surface area contributed by atoms with Crippen LogP contribution in [0.4, 0.5) is 8.78 Å². The number of aromatic nitrogens is 3. The summed E-state index contributed by atoms with van der Waals surface area (Å²) < 4.78 is 32.6. The maximum Gasteiger partial charge on any atom is 0.237 e. The van der Waals surface area contributed by atoms with Crippen LogP contribution in [0.1, 0.15) is 44.2 Å². The van der Waals surface area contributed by atoms with Gasteiger partial charge in [-0.2, -0.15) is 0 Å². The van der Waals surface area contributed by atoms with Crippen molar-refractivity contribution < 1.29 is 13.6 Å². The van der Waals surface area contributed by atoms with Crippen LogP contribution in [0.5, 0.6) is 0 Å². The van der Waals surface area contributed by atoms with Crippen LogP contribution in [-0.4, -0.2) is 39.5 Å². The zero-order valence-electron chi connectivity index (χ0n) is 20.8. The molecule has 0 bridgehead atoms. The Labute approximate surface area is 224 Å². The summed E-state index contributed by atoms with van der Waals surface area (Å²) in [5, 5.41) is 13.9. The second-order valence-corrected chi connectivity index (χ2v) is 11.4. The van der Waals surface area contributed by atoms with E-state index in [9.17, 15) is 4.79 Å². The lowest BCUT2D eigenvalue weighted by atomic mass is 9.68. The van der Waals surface area contributed by atoms with Gasteiger partial charge in [0.1, 0.15) is 11.6 Å². The molecule has 0 aliphatic carbocycles. The maximum atomic E-state index is 15.5. The Morgan fingerprint density at radius 3 is 2.65 bits per heavy atom. The smallest absolute Gasteiger partial charge is 0.237 e. The van der Waals surface area contributed by atoms with Gasteiger partial charge in [-0.15, -0.1) is 5.10 Å². The van der Waals surface area contributed by atoms with Gasteiger partial charge in [0.15, 0.2) is 0 Å². The van der Waals surface area contributed by atoms with Crippen LogP contribution in [-0.2, 0) is 16.9 Å². The summed E-state index contributed by atoms with van der Waals surface area (Å²) in [6.07, 6.45) is 3.70. The Kier molecular flexibility index (Phi) is 7.90. The summed E-state index contributed by atoms with van der Waals surface area (Å²) in [7, 11) is 0. The number of amides is 1. The van der Waals surface area contributed by atoms with Crippen molar-refractivity contribution in [2.24, 2.45) is 11.1 Å². The Morgan fingerprint density at radius 1 is 1.24 bits per heavy atom. The van der Waals surface area contributed by atoms with Crippen LogP contribution in [0.3, 0.4) is 0 Å². The van der Waals surface area contributed by atoms with Crippen molar-refractivity contribution in [1.29, 1.82) is 0 Å². The molecule has 0 unspecified atom stereocenters. The van der Waals surface area contributed by atoms with Gasteiger partial charge in [-0.1, -0.05) is 67.4 Å². The molecule has 4 N–H and O–H groups in total. The highest BCUT2D eigenvalue weighted by Gasteiger charge is 2.58. The minimum absolute atomic E-state index is 0.110. The van der Waals surface area contributed by atoms with Gasteiger partial charge in [-0.05, 0) is 35.6 Å². The number of carbonyl (C=O) groups is 1. The zero-order valence-corrected chi connectivity index (χ0v) is 22.3. The Bertz CT molecular complexity index is 1270. The van der Waals surface area contributed by atoms with Crippen molar-refractivity contribution in [3.8, 4) is 0 Å². The lowest BCUT2D eigenvalue weighted by molar-refractivity contribution is -0.123. The number of rotatable bonds is 7. The summed E-state index contributed by atoms with van der Waals surface area (Å²) in [4.78, 5) is 13.6. The number of nitrogens with one attached hydrogen (secondary N) is 2. The van der Waals surface area contributed by atoms with E-state index < -0.39 is 41.1 Å². The molecule has 1 amide bonds. The third-order valence-electron chi connectivity index (χ3n) is 6.73. The van der Waals surface area contributed by atoms with Crippen molar-refractivity contribution in [2.45, 2.75) is 57.3 Å². The topological polar surface area (TPSA) is 97.9 Å². The molecule has 7 nitrogen and oxygen atoms in total. The number of hydrogen-bond acceptors (Lipinski definition) is 5. The molecule has 198 valence electrons. The number of nitrogens with zero attached hydrogens (tertiary/aromatic N) is 3. The first-order chi connectivity index (χ1) is 17.4. The second kappa shape index (κ2) is 10.6. The predicted octanol–water partition coefficient (Wildman–Crippen LogP) is 4.39. The first-order valence-electron chi connectivity index (χ1n) is 12.0. The molecule has 3 aromatic rings. The largest absolute Gasteiger partial charge is 0.353 e. The minimum atomic E-state index is -1.51. The molecule has 1 aliphatic heterocycles. The standard InChI is InChI=1S/C26H30Cl2F2N6O/c1-25(2,3)14-20-26(31,17-8-7-15(27)13-19(17)29)21(16-5-4-6-18(28)22(16)30)23(34-20)24(37)32-9-11-36-12-10-33-35-36/h4-8,10,12-13,20-21,23,34H,9,11,14,31H2,1-3H3,(H,32,37)/t20-,21-,23+,26+/m0/s1. The van der Waals surface area contributed by atoms with E-state index in [0.717, 1.165) is 0 Å². The van der Waals surface area contributed by atoms with Gasteiger partial charge in [0.25, 0.3) is 0 Å². The highest BCUT2D eigenvalue weighted by atomic mass is 35.5. The average molecular weight is 551 g/mol. The summed E-state index contributed by atoms with van der Waals surface area (Å²) in [6.45, 7) is 6.71. The highest BCUT2D eigenvalue weighted by molar-refractivity contribution is 6.31. The van der Waals surface area contributed by atoms with Gasteiger partial charge in [0.05, 0.1) is 29.3 Å². The number of hydrogen-bond donors (Lipinski definition) is 3. The minimum Gasteiger partial charge on any atom is -0.353 e. The van der Waals surface area contributed by atoms with Crippen molar-refractivity contribution in [1.82, 2.24) is 25.6 Å². The van der Waals surface area contributed by atoms with Crippen LogP contribution in [0.25, 0.3) is 0 Å². The average Bonchev–Trinajstić information content (AvgIpc) is 3.42. The fourth-order valence-electron chi connectivity index (χ4n) is 5.16. The molecule has 11 heteroatoms. The molecule has 4 atom stereocenters. The molecule has 0 spiro atoms. The fourth-order valence-corrected chi connectivity index (χ4v) is 5.50. The van der Waals surface area contributed by atoms with Crippen LogP contribution in [0.15, 0.2) is 48.8 Å². The van der Waals surface area contributed by atoms with Gasteiger partial charge in [0, 0.05) is 35.3 Å². The van der Waals surface area contributed by atoms with Gasteiger partial charge in [-0.3, -0.25) is 9.48 Å². The Hall–Kier alpha value is -2.59. The molecule has 37 heavy (non-hydrogen) atoms. The van der Waals surface area contributed by atoms with Gasteiger partial charge in [-0.25, -0.2) is 8.78 Å². The van der Waals surface area contributed by atoms with Gasteiger partial charge in [0.2, 0.25) is 5.91 Å². The van der Waals surface area contributed by atoms with E-state index in [2.05, 4.69) is 20.9 Å². The van der Waals surface area contributed by atoms with E-state index in [1.165, 1.54) is 24.3 Å². The normalized spacial score (nSPS) is 23.8. The number of benzene rings is 2. The number of halogens is 4. The molecule has 1 aliphatic rings. The molecule has 1 aromatic heterocycles. The highest BCUT2D eigenvalue weighted by Crippen LogP contribution is 2.49. The number of carbonyl (C=O) groups excluding carboxylic acids is 1. The zero-order chi connectivity index (χ0) is 27.0. The molecular weight excluding hydrogens is 521 g/mol. The molecule has 0 radical (unpaired) electrons. The lowest BCUT2D eigenvalue weighted by Crippen LogP contribution is -2.52. The molecule has 1 fully saturated rings. The summed E-state index contributed by atoms with van der Waals surface area (Å²) >= 11 is 12.2. The third-order valence-corrected chi connectivity index (χ3v) is 7.26. The quantitative estimate of drug-likeness (QED) is 0.405. The number of nitrogens with two attached hydrogens (primary N) is 1. The molecule has 4 rings (SSSR count). The molecule has 0 saturated carbocycles. The van der Waals surface area contributed by atoms with Crippen molar-refractivity contribution in [3.05, 3.63) is 81.6 Å². The van der Waals surface area contributed by atoms with Crippen LogP contribution < -0.4 is 16.4 Å². The summed E-state index contributed by atoms with van der Waals surface area (Å²) in [5.41, 5.74) is 5.66. The van der Waals surface area contributed by atoms with E-state index in [1.807, 2.05) is 20.8 Å². The maximum absolute atomic E-state index is 15.5. The monoisotopic (exact) mass is 550 g/mol. The van der Waals surface area contributed by atoms with E-state index in [1.54, 1.807) is 29.2 Å². The van der Waals surface area contributed by atoms with E-state index in [4.69, 9.17) is 28.9 Å². The van der Waals surface area contributed by atoms with E-state index in [0.29, 0.717) is 13.0 Å².